The summed E-state index contributed by atoms with van der Waals surface area (Å²) < 4.78 is 0. The number of anilines is 2. The number of para-hydroxylation sites is 1. The summed E-state index contributed by atoms with van der Waals surface area (Å²) in [6, 6.07) is 13.0. The molecule has 3 nitrogen and oxygen atoms in total. The molecule has 92 valence electrons. The fraction of sp³-hybridized carbons (Fsp3) is 0.133. The number of aryl methyl sites for hydroxylation is 1. The van der Waals surface area contributed by atoms with Gasteiger partial charge in [0.15, 0.2) is 0 Å². The SMILES string of the molecule is Cc1cccc(Nc2ccccc2C(=O)[OH2+])c1C. The summed E-state index contributed by atoms with van der Waals surface area (Å²) in [5.74, 6) is -0.677. The minimum atomic E-state index is -0.677. The van der Waals surface area contributed by atoms with Crippen molar-refractivity contribution in [3.8, 4) is 0 Å². The molecule has 0 saturated carbocycles. The second kappa shape index (κ2) is 4.92. The summed E-state index contributed by atoms with van der Waals surface area (Å²) >= 11 is 0. The molecular weight excluding hydrogens is 226 g/mol. The monoisotopic (exact) mass is 242 g/mol. The second-order valence-electron chi connectivity index (χ2n) is 4.25. The second-order valence-corrected chi connectivity index (χ2v) is 4.25. The number of benzene rings is 2. The molecular formula is C15H16NO2+. The maximum atomic E-state index is 11.2. The van der Waals surface area contributed by atoms with E-state index in [9.17, 15) is 4.79 Å². The van der Waals surface area contributed by atoms with Crippen molar-refractivity contribution in [3.05, 3.63) is 59.2 Å². The molecule has 18 heavy (non-hydrogen) atoms. The van der Waals surface area contributed by atoms with Crippen LogP contribution >= 0.6 is 0 Å². The minimum Gasteiger partial charge on any atom is -0.561 e. The fourth-order valence-electron chi connectivity index (χ4n) is 1.82. The molecule has 0 aliphatic rings. The Morgan fingerprint density at radius 1 is 1.00 bits per heavy atom. The van der Waals surface area contributed by atoms with Crippen LogP contribution in [0.5, 0.6) is 0 Å². The maximum absolute atomic E-state index is 11.2. The molecule has 2 aromatic carbocycles. The molecule has 0 unspecified atom stereocenters. The molecule has 0 fully saturated rings. The lowest BCUT2D eigenvalue weighted by Gasteiger charge is -2.12. The Balaban J connectivity index is 2.40. The van der Waals surface area contributed by atoms with Gasteiger partial charge in [0.1, 0.15) is 5.56 Å². The van der Waals surface area contributed by atoms with E-state index < -0.39 is 5.97 Å². The molecule has 0 aromatic heterocycles. The molecule has 2 rings (SSSR count). The van der Waals surface area contributed by atoms with Gasteiger partial charge in [0.05, 0.1) is 5.69 Å². The lowest BCUT2D eigenvalue weighted by atomic mass is 10.1. The number of nitrogens with one attached hydrogen (secondary N) is 1. The molecule has 0 radical (unpaired) electrons. The Morgan fingerprint density at radius 3 is 2.39 bits per heavy atom. The summed E-state index contributed by atoms with van der Waals surface area (Å²) in [5.41, 5.74) is 4.35. The van der Waals surface area contributed by atoms with Gasteiger partial charge in [-0.2, -0.15) is 0 Å². The third-order valence-electron chi connectivity index (χ3n) is 3.05. The Bertz CT molecular complexity index is 591. The van der Waals surface area contributed by atoms with Crippen LogP contribution in [-0.2, 0) is 0 Å². The first-order chi connectivity index (χ1) is 8.59. The van der Waals surface area contributed by atoms with Crippen LogP contribution in [0.3, 0.4) is 0 Å². The molecule has 3 heteroatoms. The van der Waals surface area contributed by atoms with Crippen molar-refractivity contribution >= 4 is 17.3 Å². The van der Waals surface area contributed by atoms with Crippen LogP contribution in [0.15, 0.2) is 42.5 Å². The zero-order valence-electron chi connectivity index (χ0n) is 10.4. The molecule has 0 aliphatic carbocycles. The van der Waals surface area contributed by atoms with Crippen molar-refractivity contribution in [1.29, 1.82) is 0 Å². The number of carbonyl (C=O) groups excluding carboxylic acids is 1. The van der Waals surface area contributed by atoms with E-state index in [0.29, 0.717) is 11.3 Å². The summed E-state index contributed by atoms with van der Waals surface area (Å²) in [7, 11) is 0. The van der Waals surface area contributed by atoms with Gasteiger partial charge in [-0.1, -0.05) is 24.3 Å². The Morgan fingerprint density at radius 2 is 1.67 bits per heavy atom. The van der Waals surface area contributed by atoms with Crippen LogP contribution < -0.4 is 5.32 Å². The first-order valence-corrected chi connectivity index (χ1v) is 5.78. The van der Waals surface area contributed by atoms with Gasteiger partial charge in [-0.15, -0.1) is 0 Å². The lowest BCUT2D eigenvalue weighted by Crippen LogP contribution is -2.03. The largest absolute Gasteiger partial charge is 0.561 e. The third kappa shape index (κ3) is 2.35. The van der Waals surface area contributed by atoms with Gasteiger partial charge in [-0.05, 0) is 43.2 Å². The van der Waals surface area contributed by atoms with E-state index in [1.54, 1.807) is 12.1 Å². The summed E-state index contributed by atoms with van der Waals surface area (Å²) in [4.78, 5) is 11.2. The van der Waals surface area contributed by atoms with E-state index in [-0.39, 0.29) is 0 Å². The predicted octanol–water partition coefficient (Wildman–Crippen LogP) is 2.91. The van der Waals surface area contributed by atoms with E-state index in [1.165, 1.54) is 5.56 Å². The van der Waals surface area contributed by atoms with Crippen LogP contribution in [0.2, 0.25) is 0 Å². The quantitative estimate of drug-likeness (QED) is 0.841. The Labute approximate surface area is 106 Å². The van der Waals surface area contributed by atoms with Crippen LogP contribution in [0.25, 0.3) is 0 Å². The highest BCUT2D eigenvalue weighted by Gasteiger charge is 2.16. The maximum Gasteiger partial charge on any atom is 0.551 e. The van der Waals surface area contributed by atoms with Gasteiger partial charge in [-0.3, -0.25) is 0 Å². The Hall–Kier alpha value is -2.29. The van der Waals surface area contributed by atoms with Crippen LogP contribution in [0, 0.1) is 13.8 Å². The third-order valence-corrected chi connectivity index (χ3v) is 3.05. The molecule has 0 saturated heterocycles. The van der Waals surface area contributed by atoms with E-state index in [1.807, 2.05) is 44.2 Å². The van der Waals surface area contributed by atoms with Gasteiger partial charge in [0, 0.05) is 10.5 Å². The minimum absolute atomic E-state index is 0.387. The van der Waals surface area contributed by atoms with Crippen LogP contribution in [-0.4, -0.2) is 11.1 Å². The molecule has 0 heterocycles. The van der Waals surface area contributed by atoms with Crippen LogP contribution in [0.4, 0.5) is 11.4 Å². The van der Waals surface area contributed by atoms with Gasteiger partial charge in [0.2, 0.25) is 0 Å². The topological polar surface area (TPSA) is 52.0 Å². The molecule has 0 aliphatic heterocycles. The van der Waals surface area contributed by atoms with E-state index in [4.69, 9.17) is 5.11 Å². The van der Waals surface area contributed by atoms with E-state index >= 15 is 0 Å². The summed E-state index contributed by atoms with van der Waals surface area (Å²) in [6.45, 7) is 4.07. The molecule has 0 bridgehead atoms. The Kier molecular flexibility index (Phi) is 3.33. The average Bonchev–Trinajstić information content (AvgIpc) is 2.35. The number of hydrogen-bond donors (Lipinski definition) is 1. The summed E-state index contributed by atoms with van der Waals surface area (Å²) in [5, 5.41) is 10.5. The highest BCUT2D eigenvalue weighted by atomic mass is 16.4. The molecule has 0 spiro atoms. The number of carbonyl (C=O) groups is 1. The predicted molar refractivity (Wildman–Crippen MR) is 73.6 cm³/mol. The number of hydrogen-bond acceptors (Lipinski definition) is 2. The van der Waals surface area contributed by atoms with Crippen molar-refractivity contribution in [1.82, 2.24) is 0 Å². The normalized spacial score (nSPS) is 10.1. The lowest BCUT2D eigenvalue weighted by molar-refractivity contribution is 0.0698. The van der Waals surface area contributed by atoms with Crippen molar-refractivity contribution in [2.75, 3.05) is 5.32 Å². The van der Waals surface area contributed by atoms with Gasteiger partial charge in [0.25, 0.3) is 0 Å². The van der Waals surface area contributed by atoms with Crippen molar-refractivity contribution in [2.24, 2.45) is 0 Å². The molecule has 2 aromatic rings. The number of rotatable bonds is 3. The zero-order valence-corrected chi connectivity index (χ0v) is 10.4. The highest BCUT2D eigenvalue weighted by Crippen LogP contribution is 2.25. The van der Waals surface area contributed by atoms with Crippen molar-refractivity contribution < 1.29 is 9.90 Å². The first-order valence-electron chi connectivity index (χ1n) is 5.78. The van der Waals surface area contributed by atoms with Gasteiger partial charge >= 0.3 is 5.97 Å². The van der Waals surface area contributed by atoms with E-state index in [0.717, 1.165) is 11.3 Å². The average molecular weight is 242 g/mol. The highest BCUT2D eigenvalue weighted by molar-refractivity contribution is 5.95. The molecule has 3 N–H and O–H groups in total. The smallest absolute Gasteiger partial charge is 0.551 e. The molecule has 0 atom stereocenters. The van der Waals surface area contributed by atoms with Crippen molar-refractivity contribution in [3.63, 3.8) is 0 Å². The van der Waals surface area contributed by atoms with Gasteiger partial charge in [-0.25, -0.2) is 0 Å². The van der Waals surface area contributed by atoms with Crippen LogP contribution in [0.1, 0.15) is 21.5 Å². The molecule has 0 amide bonds. The first kappa shape index (κ1) is 12.2. The summed E-state index contributed by atoms with van der Waals surface area (Å²) in [6.07, 6.45) is 0. The van der Waals surface area contributed by atoms with Gasteiger partial charge < -0.3 is 10.4 Å². The standard InChI is InChI=1S/C15H15NO2/c1-10-6-5-9-13(11(10)2)16-14-8-4-3-7-12(14)15(17)18/h3-9,16H,1-2H3,(H,17,18)/p+1. The van der Waals surface area contributed by atoms with Crippen molar-refractivity contribution in [2.45, 2.75) is 13.8 Å². The van der Waals surface area contributed by atoms with E-state index in [2.05, 4.69) is 5.32 Å². The fourth-order valence-corrected chi connectivity index (χ4v) is 1.82. The zero-order chi connectivity index (χ0) is 13.1.